The quantitative estimate of drug-likeness (QED) is 0.820. The lowest BCUT2D eigenvalue weighted by atomic mass is 10.1. The minimum atomic E-state index is 0.862. The second-order valence-corrected chi connectivity index (χ2v) is 5.06. The van der Waals surface area contributed by atoms with Crippen LogP contribution in [0.15, 0.2) is 18.2 Å². The SMILES string of the molecule is COc1ccc2c(c1)NCc1sc(C)nc1-2. The van der Waals surface area contributed by atoms with Crippen LogP contribution in [0.5, 0.6) is 5.75 Å². The number of anilines is 1. The van der Waals surface area contributed by atoms with Gasteiger partial charge in [0.15, 0.2) is 0 Å². The topological polar surface area (TPSA) is 34.1 Å². The van der Waals surface area contributed by atoms with Crippen molar-refractivity contribution in [2.75, 3.05) is 12.4 Å². The first-order valence-corrected chi connectivity index (χ1v) is 5.98. The Labute approximate surface area is 98.1 Å². The molecule has 2 aromatic rings. The molecule has 0 saturated heterocycles. The van der Waals surface area contributed by atoms with Crippen LogP contribution in [0.25, 0.3) is 11.3 Å². The molecule has 16 heavy (non-hydrogen) atoms. The standard InChI is InChI=1S/C12H12N2OS/c1-7-14-12-9-4-3-8(15-2)5-10(9)13-6-11(12)16-7/h3-5,13H,6H2,1-2H3. The predicted molar refractivity (Wildman–Crippen MR) is 66.2 cm³/mol. The molecule has 2 heterocycles. The van der Waals surface area contributed by atoms with Gasteiger partial charge in [-0.15, -0.1) is 11.3 Å². The van der Waals surface area contributed by atoms with Crippen molar-refractivity contribution in [3.05, 3.63) is 28.1 Å². The minimum Gasteiger partial charge on any atom is -0.497 e. The van der Waals surface area contributed by atoms with Gasteiger partial charge in [0.2, 0.25) is 0 Å². The Bertz CT molecular complexity index is 548. The first-order valence-electron chi connectivity index (χ1n) is 5.16. The summed E-state index contributed by atoms with van der Waals surface area (Å²) in [7, 11) is 1.68. The Morgan fingerprint density at radius 2 is 2.31 bits per heavy atom. The van der Waals surface area contributed by atoms with E-state index in [2.05, 4.69) is 16.4 Å². The average Bonchev–Trinajstić information content (AvgIpc) is 2.69. The fourth-order valence-corrected chi connectivity index (χ4v) is 2.87. The summed E-state index contributed by atoms with van der Waals surface area (Å²) in [4.78, 5) is 5.90. The molecule has 4 heteroatoms. The highest BCUT2D eigenvalue weighted by molar-refractivity contribution is 7.12. The van der Waals surface area contributed by atoms with E-state index in [1.807, 2.05) is 19.1 Å². The number of rotatable bonds is 1. The third kappa shape index (κ3) is 1.38. The second-order valence-electron chi connectivity index (χ2n) is 3.77. The van der Waals surface area contributed by atoms with E-state index >= 15 is 0 Å². The number of fused-ring (bicyclic) bond motifs is 3. The average molecular weight is 232 g/mol. The van der Waals surface area contributed by atoms with Crippen LogP contribution in [0, 0.1) is 6.92 Å². The van der Waals surface area contributed by atoms with Gasteiger partial charge in [-0.1, -0.05) is 0 Å². The van der Waals surface area contributed by atoms with Gasteiger partial charge in [-0.2, -0.15) is 0 Å². The van der Waals surface area contributed by atoms with Crippen LogP contribution in [-0.4, -0.2) is 12.1 Å². The van der Waals surface area contributed by atoms with Crippen LogP contribution in [-0.2, 0) is 6.54 Å². The zero-order valence-corrected chi connectivity index (χ0v) is 10.0. The van der Waals surface area contributed by atoms with Crippen LogP contribution in [0.2, 0.25) is 0 Å². The molecule has 3 rings (SSSR count). The van der Waals surface area contributed by atoms with E-state index in [1.54, 1.807) is 18.4 Å². The Hall–Kier alpha value is -1.55. The molecule has 0 saturated carbocycles. The van der Waals surface area contributed by atoms with E-state index in [0.717, 1.165) is 28.7 Å². The van der Waals surface area contributed by atoms with Gasteiger partial charge in [0.1, 0.15) is 5.75 Å². The highest BCUT2D eigenvalue weighted by atomic mass is 32.1. The molecule has 0 radical (unpaired) electrons. The van der Waals surface area contributed by atoms with E-state index in [0.29, 0.717) is 0 Å². The van der Waals surface area contributed by atoms with Crippen molar-refractivity contribution in [1.82, 2.24) is 4.98 Å². The number of nitrogens with zero attached hydrogens (tertiary/aromatic N) is 1. The van der Waals surface area contributed by atoms with Crippen LogP contribution < -0.4 is 10.1 Å². The lowest BCUT2D eigenvalue weighted by Crippen LogP contribution is -2.06. The van der Waals surface area contributed by atoms with E-state index in [4.69, 9.17) is 4.74 Å². The largest absolute Gasteiger partial charge is 0.497 e. The molecular formula is C12H12N2OS. The zero-order chi connectivity index (χ0) is 11.1. The first-order chi connectivity index (χ1) is 7.78. The number of thiazole rings is 1. The number of ether oxygens (including phenoxy) is 1. The van der Waals surface area contributed by atoms with E-state index in [1.165, 1.54) is 10.4 Å². The molecule has 1 aliphatic heterocycles. The molecule has 3 nitrogen and oxygen atoms in total. The van der Waals surface area contributed by atoms with E-state index < -0.39 is 0 Å². The molecule has 1 aliphatic rings. The first kappa shape index (κ1) is 9.66. The maximum atomic E-state index is 5.22. The molecule has 1 aromatic heterocycles. The maximum Gasteiger partial charge on any atom is 0.120 e. The van der Waals surface area contributed by atoms with Gasteiger partial charge in [0.25, 0.3) is 0 Å². The van der Waals surface area contributed by atoms with Crippen molar-refractivity contribution in [3.63, 3.8) is 0 Å². The number of aryl methyl sites for hydroxylation is 1. The lowest BCUT2D eigenvalue weighted by Gasteiger charge is -2.17. The van der Waals surface area contributed by atoms with Gasteiger partial charge >= 0.3 is 0 Å². The van der Waals surface area contributed by atoms with Crippen molar-refractivity contribution in [3.8, 4) is 17.0 Å². The van der Waals surface area contributed by atoms with E-state index in [-0.39, 0.29) is 0 Å². The molecule has 82 valence electrons. The summed E-state index contributed by atoms with van der Waals surface area (Å²) in [6.45, 7) is 2.91. The molecule has 1 N–H and O–H groups in total. The Balaban J connectivity index is 2.17. The number of hydrogen-bond acceptors (Lipinski definition) is 4. The van der Waals surface area contributed by atoms with E-state index in [9.17, 15) is 0 Å². The fraction of sp³-hybridized carbons (Fsp3) is 0.250. The summed E-state index contributed by atoms with van der Waals surface area (Å²) >= 11 is 1.76. The molecule has 0 spiro atoms. The van der Waals surface area contributed by atoms with Gasteiger partial charge in [0, 0.05) is 17.3 Å². The van der Waals surface area contributed by atoms with Crippen molar-refractivity contribution >= 4 is 17.0 Å². The molecule has 0 atom stereocenters. The highest BCUT2D eigenvalue weighted by Gasteiger charge is 2.19. The minimum absolute atomic E-state index is 0.862. The summed E-state index contributed by atoms with van der Waals surface area (Å²) in [5, 5.41) is 4.52. The summed E-state index contributed by atoms with van der Waals surface area (Å²) in [6, 6.07) is 6.07. The Morgan fingerprint density at radius 3 is 3.12 bits per heavy atom. The number of methoxy groups -OCH3 is 1. The summed E-state index contributed by atoms with van der Waals surface area (Å²) in [5.41, 5.74) is 3.41. The maximum absolute atomic E-state index is 5.22. The van der Waals surface area contributed by atoms with Crippen LogP contribution >= 0.6 is 11.3 Å². The van der Waals surface area contributed by atoms with Gasteiger partial charge in [-0.05, 0) is 19.1 Å². The zero-order valence-electron chi connectivity index (χ0n) is 9.20. The van der Waals surface area contributed by atoms with Gasteiger partial charge in [-0.3, -0.25) is 0 Å². The normalized spacial score (nSPS) is 12.6. The lowest BCUT2D eigenvalue weighted by molar-refractivity contribution is 0.415. The summed E-state index contributed by atoms with van der Waals surface area (Å²) in [6.07, 6.45) is 0. The monoisotopic (exact) mass is 232 g/mol. The van der Waals surface area contributed by atoms with Crippen molar-refractivity contribution in [2.45, 2.75) is 13.5 Å². The van der Waals surface area contributed by atoms with Gasteiger partial charge in [-0.25, -0.2) is 4.98 Å². The van der Waals surface area contributed by atoms with Crippen molar-refractivity contribution < 1.29 is 4.74 Å². The number of benzene rings is 1. The third-order valence-corrected chi connectivity index (χ3v) is 3.70. The van der Waals surface area contributed by atoms with Crippen LogP contribution in [0.3, 0.4) is 0 Å². The van der Waals surface area contributed by atoms with Crippen LogP contribution in [0.1, 0.15) is 9.88 Å². The molecule has 0 unspecified atom stereocenters. The molecule has 1 aromatic carbocycles. The van der Waals surface area contributed by atoms with Crippen molar-refractivity contribution in [2.24, 2.45) is 0 Å². The van der Waals surface area contributed by atoms with Crippen LogP contribution in [0.4, 0.5) is 5.69 Å². The second kappa shape index (κ2) is 3.49. The van der Waals surface area contributed by atoms with Gasteiger partial charge < -0.3 is 10.1 Å². The molecule has 0 bridgehead atoms. The smallest absolute Gasteiger partial charge is 0.120 e. The molecule has 0 fully saturated rings. The predicted octanol–water partition coefficient (Wildman–Crippen LogP) is 3.05. The molecule has 0 aliphatic carbocycles. The number of aromatic nitrogens is 1. The number of hydrogen-bond donors (Lipinski definition) is 1. The Kier molecular flexibility index (Phi) is 2.11. The summed E-state index contributed by atoms with van der Waals surface area (Å²) < 4.78 is 5.22. The summed E-state index contributed by atoms with van der Waals surface area (Å²) in [5.74, 6) is 0.877. The Morgan fingerprint density at radius 1 is 1.44 bits per heavy atom. The molecular weight excluding hydrogens is 220 g/mol. The fourth-order valence-electron chi connectivity index (χ4n) is 1.98. The third-order valence-electron chi connectivity index (χ3n) is 2.73. The van der Waals surface area contributed by atoms with Crippen molar-refractivity contribution in [1.29, 1.82) is 0 Å². The molecule has 0 amide bonds. The number of nitrogens with one attached hydrogen (secondary N) is 1. The van der Waals surface area contributed by atoms with Gasteiger partial charge in [0.05, 0.1) is 29.2 Å². The highest BCUT2D eigenvalue weighted by Crippen LogP contribution is 2.39.